The number of hydrogen-bond donors (Lipinski definition) is 2. The Bertz CT molecular complexity index is 573. The minimum atomic E-state index is -0.519. The normalized spacial score (nSPS) is 14.7. The molecule has 1 aliphatic rings. The summed E-state index contributed by atoms with van der Waals surface area (Å²) in [6, 6.07) is 4.10. The molecule has 2 rings (SSSR count). The second-order valence-corrected chi connectivity index (χ2v) is 4.32. The van der Waals surface area contributed by atoms with Crippen molar-refractivity contribution in [3.8, 4) is 0 Å². The molecule has 1 fully saturated rings. The second-order valence-electron chi connectivity index (χ2n) is 4.32. The SMILES string of the molecule is CNc1cc(C(=O)N2CCNC(=O)C2)ccc1[N+](=O)[O-]. The van der Waals surface area contributed by atoms with Crippen molar-refractivity contribution in [2.24, 2.45) is 0 Å². The van der Waals surface area contributed by atoms with Gasteiger partial charge in [-0.3, -0.25) is 19.7 Å². The van der Waals surface area contributed by atoms with Gasteiger partial charge in [-0.05, 0) is 12.1 Å². The van der Waals surface area contributed by atoms with E-state index in [1.54, 1.807) is 7.05 Å². The van der Waals surface area contributed by atoms with Crippen molar-refractivity contribution in [3.63, 3.8) is 0 Å². The van der Waals surface area contributed by atoms with Crippen molar-refractivity contribution < 1.29 is 14.5 Å². The van der Waals surface area contributed by atoms with E-state index < -0.39 is 4.92 Å². The van der Waals surface area contributed by atoms with E-state index in [0.717, 1.165) is 0 Å². The molecule has 1 heterocycles. The molecule has 0 bridgehead atoms. The number of amides is 2. The van der Waals surface area contributed by atoms with Gasteiger partial charge in [0.25, 0.3) is 11.6 Å². The van der Waals surface area contributed by atoms with E-state index in [1.165, 1.54) is 23.1 Å². The minimum Gasteiger partial charge on any atom is -0.383 e. The summed E-state index contributed by atoms with van der Waals surface area (Å²) in [5.74, 6) is -0.522. The van der Waals surface area contributed by atoms with Crippen LogP contribution in [0.5, 0.6) is 0 Å². The van der Waals surface area contributed by atoms with E-state index in [9.17, 15) is 19.7 Å². The Balaban J connectivity index is 2.26. The summed E-state index contributed by atoms with van der Waals surface area (Å²) in [5.41, 5.74) is 0.484. The average molecular weight is 278 g/mol. The average Bonchev–Trinajstić information content (AvgIpc) is 2.45. The maximum absolute atomic E-state index is 12.2. The number of nitro benzene ring substituents is 1. The molecule has 106 valence electrons. The van der Waals surface area contributed by atoms with Crippen LogP contribution in [-0.4, -0.2) is 48.3 Å². The number of nitrogens with zero attached hydrogens (tertiary/aromatic N) is 2. The molecule has 2 amide bonds. The molecule has 20 heavy (non-hydrogen) atoms. The van der Waals surface area contributed by atoms with Gasteiger partial charge in [-0.15, -0.1) is 0 Å². The van der Waals surface area contributed by atoms with Gasteiger partial charge in [0, 0.05) is 31.8 Å². The van der Waals surface area contributed by atoms with Crippen LogP contribution in [0.15, 0.2) is 18.2 Å². The highest BCUT2D eigenvalue weighted by molar-refractivity contribution is 5.98. The minimum absolute atomic E-state index is 0.00467. The summed E-state index contributed by atoms with van der Waals surface area (Å²) in [6.07, 6.45) is 0. The van der Waals surface area contributed by atoms with E-state index >= 15 is 0 Å². The number of hydrogen-bond acceptors (Lipinski definition) is 5. The molecule has 1 saturated heterocycles. The number of carbonyl (C=O) groups excluding carboxylic acids is 2. The van der Waals surface area contributed by atoms with Crippen LogP contribution >= 0.6 is 0 Å². The number of piperazine rings is 1. The van der Waals surface area contributed by atoms with Gasteiger partial charge in [-0.25, -0.2) is 0 Å². The Kier molecular flexibility index (Phi) is 3.83. The van der Waals surface area contributed by atoms with Crippen LogP contribution in [0.2, 0.25) is 0 Å². The number of nitrogens with one attached hydrogen (secondary N) is 2. The Labute approximate surface area is 114 Å². The number of anilines is 1. The first-order chi connectivity index (χ1) is 9.52. The standard InChI is InChI=1S/C12H14N4O4/c1-13-9-6-8(2-3-10(9)16(19)20)12(18)15-5-4-14-11(17)7-15/h2-3,6,13H,4-5,7H2,1H3,(H,14,17). The molecule has 1 aromatic carbocycles. The van der Waals surface area contributed by atoms with Crippen molar-refractivity contribution in [2.75, 3.05) is 32.0 Å². The van der Waals surface area contributed by atoms with Crippen LogP contribution < -0.4 is 10.6 Å². The molecule has 0 aliphatic carbocycles. The zero-order chi connectivity index (χ0) is 14.7. The van der Waals surface area contributed by atoms with Crippen molar-refractivity contribution >= 4 is 23.2 Å². The van der Waals surface area contributed by atoms with Gasteiger partial charge >= 0.3 is 0 Å². The summed E-state index contributed by atoms with van der Waals surface area (Å²) in [7, 11) is 1.55. The smallest absolute Gasteiger partial charge is 0.292 e. The van der Waals surface area contributed by atoms with Gasteiger partial charge in [0.05, 0.1) is 11.5 Å². The quantitative estimate of drug-likeness (QED) is 0.607. The Morgan fingerprint density at radius 1 is 1.50 bits per heavy atom. The largest absolute Gasteiger partial charge is 0.383 e. The lowest BCUT2D eigenvalue weighted by molar-refractivity contribution is -0.383. The monoisotopic (exact) mass is 278 g/mol. The lowest BCUT2D eigenvalue weighted by Gasteiger charge is -2.26. The van der Waals surface area contributed by atoms with E-state index in [-0.39, 0.29) is 29.7 Å². The fraction of sp³-hybridized carbons (Fsp3) is 0.333. The van der Waals surface area contributed by atoms with Gasteiger partial charge < -0.3 is 15.5 Å². The maximum atomic E-state index is 12.2. The maximum Gasteiger partial charge on any atom is 0.292 e. The van der Waals surface area contributed by atoms with Gasteiger partial charge in [0.15, 0.2) is 0 Å². The molecule has 0 spiro atoms. The molecule has 1 aromatic rings. The number of rotatable bonds is 3. The van der Waals surface area contributed by atoms with E-state index in [1.807, 2.05) is 0 Å². The first-order valence-corrected chi connectivity index (χ1v) is 6.05. The second kappa shape index (κ2) is 5.55. The Morgan fingerprint density at radius 3 is 2.85 bits per heavy atom. The molecule has 8 nitrogen and oxygen atoms in total. The third kappa shape index (κ3) is 2.68. The van der Waals surface area contributed by atoms with Crippen molar-refractivity contribution in [3.05, 3.63) is 33.9 Å². The number of benzene rings is 1. The van der Waals surface area contributed by atoms with E-state index in [0.29, 0.717) is 18.7 Å². The highest BCUT2D eigenvalue weighted by Gasteiger charge is 2.24. The molecule has 1 aliphatic heterocycles. The van der Waals surface area contributed by atoms with Crippen LogP contribution in [0, 0.1) is 10.1 Å². The topological polar surface area (TPSA) is 105 Å². The number of carbonyl (C=O) groups is 2. The third-order valence-corrected chi connectivity index (χ3v) is 3.04. The van der Waals surface area contributed by atoms with Crippen LogP contribution in [0.1, 0.15) is 10.4 Å². The Morgan fingerprint density at radius 2 is 2.25 bits per heavy atom. The molecule has 0 radical (unpaired) electrons. The van der Waals surface area contributed by atoms with Crippen molar-refractivity contribution in [2.45, 2.75) is 0 Å². The lowest BCUT2D eigenvalue weighted by atomic mass is 10.1. The third-order valence-electron chi connectivity index (χ3n) is 3.04. The lowest BCUT2D eigenvalue weighted by Crippen LogP contribution is -2.49. The highest BCUT2D eigenvalue weighted by atomic mass is 16.6. The van der Waals surface area contributed by atoms with Gasteiger partial charge in [-0.2, -0.15) is 0 Å². The zero-order valence-electron chi connectivity index (χ0n) is 10.9. The predicted octanol–water partition coefficient (Wildman–Crippen LogP) is 0.208. The molecule has 8 heteroatoms. The van der Waals surface area contributed by atoms with Gasteiger partial charge in [0.1, 0.15) is 5.69 Å². The van der Waals surface area contributed by atoms with Gasteiger partial charge in [0.2, 0.25) is 5.91 Å². The molecule has 0 saturated carbocycles. The molecule has 0 aromatic heterocycles. The first-order valence-electron chi connectivity index (χ1n) is 6.05. The van der Waals surface area contributed by atoms with Crippen LogP contribution in [0.25, 0.3) is 0 Å². The fourth-order valence-corrected chi connectivity index (χ4v) is 2.02. The zero-order valence-corrected chi connectivity index (χ0v) is 10.9. The highest BCUT2D eigenvalue weighted by Crippen LogP contribution is 2.25. The van der Waals surface area contributed by atoms with E-state index in [2.05, 4.69) is 10.6 Å². The predicted molar refractivity (Wildman–Crippen MR) is 71.6 cm³/mol. The van der Waals surface area contributed by atoms with Gasteiger partial charge in [-0.1, -0.05) is 0 Å². The first kappa shape index (κ1) is 13.8. The summed E-state index contributed by atoms with van der Waals surface area (Å²) in [5, 5.41) is 16.1. The molecular weight excluding hydrogens is 264 g/mol. The summed E-state index contributed by atoms with van der Waals surface area (Å²) in [6.45, 7) is 0.845. The van der Waals surface area contributed by atoms with Crippen LogP contribution in [0.3, 0.4) is 0 Å². The summed E-state index contributed by atoms with van der Waals surface area (Å²) < 4.78 is 0. The molecule has 2 N–H and O–H groups in total. The fourth-order valence-electron chi connectivity index (χ4n) is 2.02. The molecule has 0 unspecified atom stereocenters. The Hall–Kier alpha value is -2.64. The summed E-state index contributed by atoms with van der Waals surface area (Å²) in [4.78, 5) is 35.2. The van der Waals surface area contributed by atoms with E-state index in [4.69, 9.17) is 0 Å². The van der Waals surface area contributed by atoms with Crippen LogP contribution in [0.4, 0.5) is 11.4 Å². The van der Waals surface area contributed by atoms with Crippen molar-refractivity contribution in [1.29, 1.82) is 0 Å². The van der Waals surface area contributed by atoms with Crippen molar-refractivity contribution in [1.82, 2.24) is 10.2 Å². The summed E-state index contributed by atoms with van der Waals surface area (Å²) >= 11 is 0. The van der Waals surface area contributed by atoms with Crippen LogP contribution in [-0.2, 0) is 4.79 Å². The molecule has 0 atom stereocenters. The number of nitro groups is 1. The molecular formula is C12H14N4O4.